The smallest absolute Gasteiger partial charge is 0.417 e. The van der Waals surface area contributed by atoms with Gasteiger partial charge in [-0.15, -0.1) is 0 Å². The zero-order valence-corrected chi connectivity index (χ0v) is 17.9. The van der Waals surface area contributed by atoms with Crippen molar-refractivity contribution in [2.24, 2.45) is 7.05 Å². The van der Waals surface area contributed by atoms with Crippen LogP contribution in [0.25, 0.3) is 22.3 Å². The zero-order valence-electron chi connectivity index (χ0n) is 17.9. The standard InChI is InChI=1S/C24H21F3N4O2/c1-15(16-9-5-3-6-10-16)28-19(32)14-33-20-13-18(24(25,26)27)21-22(17-11-7-4-8-12-17)30-31(2)23(21)29-20/h3-13,15H,14H2,1-2H3,(H,28,32)/t15-/m1/s1. The average molecular weight is 454 g/mol. The van der Waals surface area contributed by atoms with E-state index in [4.69, 9.17) is 4.74 Å². The molecule has 4 rings (SSSR count). The molecule has 0 radical (unpaired) electrons. The molecule has 0 aliphatic heterocycles. The number of fused-ring (bicyclic) bond motifs is 1. The van der Waals surface area contributed by atoms with Gasteiger partial charge in [0.2, 0.25) is 5.88 Å². The molecule has 0 unspecified atom stereocenters. The Kier molecular flexibility index (Phi) is 6.04. The molecular weight excluding hydrogens is 433 g/mol. The number of aryl methyl sites for hydroxylation is 1. The van der Waals surface area contributed by atoms with Crippen LogP contribution in [0.1, 0.15) is 24.1 Å². The van der Waals surface area contributed by atoms with Crippen molar-refractivity contribution < 1.29 is 22.7 Å². The van der Waals surface area contributed by atoms with Crippen molar-refractivity contribution in [1.82, 2.24) is 20.1 Å². The van der Waals surface area contributed by atoms with Crippen molar-refractivity contribution in [3.05, 3.63) is 77.9 Å². The number of nitrogens with one attached hydrogen (secondary N) is 1. The van der Waals surface area contributed by atoms with E-state index < -0.39 is 24.3 Å². The van der Waals surface area contributed by atoms with Crippen LogP contribution in [0.15, 0.2) is 66.7 Å². The summed E-state index contributed by atoms with van der Waals surface area (Å²) in [6.45, 7) is 1.33. The lowest BCUT2D eigenvalue weighted by Gasteiger charge is -2.15. The van der Waals surface area contributed by atoms with Crippen molar-refractivity contribution >= 4 is 16.9 Å². The van der Waals surface area contributed by atoms with Gasteiger partial charge in [-0.25, -0.2) is 4.68 Å². The SMILES string of the molecule is C[C@@H](NC(=O)COc1cc(C(F)(F)F)c2c(-c3ccccc3)nn(C)c2n1)c1ccccc1. The number of carbonyl (C=O) groups excluding carboxylic acids is 1. The molecule has 4 aromatic rings. The van der Waals surface area contributed by atoms with Gasteiger partial charge < -0.3 is 10.1 Å². The Balaban J connectivity index is 1.61. The normalized spacial score (nSPS) is 12.5. The molecule has 0 saturated heterocycles. The molecule has 2 aromatic carbocycles. The first kappa shape index (κ1) is 22.3. The number of alkyl halides is 3. The summed E-state index contributed by atoms with van der Waals surface area (Å²) in [5.41, 5.74) is 0.699. The first-order valence-corrected chi connectivity index (χ1v) is 10.2. The average Bonchev–Trinajstić information content (AvgIpc) is 3.14. The second-order valence-corrected chi connectivity index (χ2v) is 7.53. The highest BCUT2D eigenvalue weighted by molar-refractivity contribution is 5.94. The lowest BCUT2D eigenvalue weighted by Crippen LogP contribution is -2.31. The summed E-state index contributed by atoms with van der Waals surface area (Å²) >= 11 is 0. The quantitative estimate of drug-likeness (QED) is 0.450. The van der Waals surface area contributed by atoms with Crippen LogP contribution < -0.4 is 10.1 Å². The number of aromatic nitrogens is 3. The topological polar surface area (TPSA) is 69.0 Å². The summed E-state index contributed by atoms with van der Waals surface area (Å²) in [6.07, 6.45) is -4.67. The van der Waals surface area contributed by atoms with E-state index in [2.05, 4.69) is 15.4 Å². The van der Waals surface area contributed by atoms with Gasteiger partial charge in [-0.3, -0.25) is 4.79 Å². The fourth-order valence-corrected chi connectivity index (χ4v) is 3.57. The van der Waals surface area contributed by atoms with Gasteiger partial charge >= 0.3 is 6.18 Å². The monoisotopic (exact) mass is 454 g/mol. The van der Waals surface area contributed by atoms with Crippen LogP contribution in [0.2, 0.25) is 0 Å². The van der Waals surface area contributed by atoms with Gasteiger partial charge in [0.25, 0.3) is 5.91 Å². The van der Waals surface area contributed by atoms with Crippen LogP contribution in [0, 0.1) is 0 Å². The maximum Gasteiger partial charge on any atom is 0.417 e. The molecule has 2 aromatic heterocycles. The van der Waals surface area contributed by atoms with Crippen LogP contribution >= 0.6 is 0 Å². The largest absolute Gasteiger partial charge is 0.467 e. The molecule has 9 heteroatoms. The van der Waals surface area contributed by atoms with Gasteiger partial charge in [0.1, 0.15) is 5.69 Å². The molecule has 170 valence electrons. The molecule has 0 aliphatic carbocycles. The van der Waals surface area contributed by atoms with Crippen LogP contribution in [0.3, 0.4) is 0 Å². The number of benzene rings is 2. The maximum atomic E-state index is 14.0. The van der Waals surface area contributed by atoms with Crippen molar-refractivity contribution in [1.29, 1.82) is 0 Å². The lowest BCUT2D eigenvalue weighted by atomic mass is 10.0. The predicted molar refractivity (Wildman–Crippen MR) is 117 cm³/mol. The van der Waals surface area contributed by atoms with Crippen molar-refractivity contribution in [2.45, 2.75) is 19.1 Å². The van der Waals surface area contributed by atoms with E-state index in [1.807, 2.05) is 30.3 Å². The zero-order chi connectivity index (χ0) is 23.6. The first-order valence-electron chi connectivity index (χ1n) is 10.2. The summed E-state index contributed by atoms with van der Waals surface area (Å²) in [7, 11) is 1.51. The predicted octanol–water partition coefficient (Wildman–Crippen LogP) is 4.91. The van der Waals surface area contributed by atoms with E-state index in [1.165, 1.54) is 11.7 Å². The van der Waals surface area contributed by atoms with Crippen LogP contribution in [-0.2, 0) is 18.0 Å². The molecule has 0 aliphatic rings. The molecule has 1 amide bonds. The molecule has 0 fully saturated rings. The van der Waals surface area contributed by atoms with Crippen molar-refractivity contribution in [3.63, 3.8) is 0 Å². The number of halogens is 3. The van der Waals surface area contributed by atoms with E-state index in [9.17, 15) is 18.0 Å². The Hall–Kier alpha value is -3.88. The summed E-state index contributed by atoms with van der Waals surface area (Å²) in [5, 5.41) is 6.90. The van der Waals surface area contributed by atoms with Crippen LogP contribution in [0.4, 0.5) is 13.2 Å². The van der Waals surface area contributed by atoms with Gasteiger partial charge in [-0.2, -0.15) is 23.3 Å². The van der Waals surface area contributed by atoms with Crippen molar-refractivity contribution in [3.8, 4) is 17.1 Å². The Morgan fingerprint density at radius 3 is 2.36 bits per heavy atom. The molecule has 0 saturated carbocycles. The highest BCUT2D eigenvalue weighted by atomic mass is 19.4. The molecule has 0 bridgehead atoms. The van der Waals surface area contributed by atoms with Gasteiger partial charge in [0, 0.05) is 18.7 Å². The van der Waals surface area contributed by atoms with Gasteiger partial charge in [0.05, 0.1) is 17.0 Å². The molecular formula is C24H21F3N4O2. The maximum absolute atomic E-state index is 14.0. The van der Waals surface area contributed by atoms with E-state index in [0.29, 0.717) is 5.56 Å². The third-order valence-electron chi connectivity index (χ3n) is 5.15. The minimum absolute atomic E-state index is 0.0109. The summed E-state index contributed by atoms with van der Waals surface area (Å²) < 4.78 is 48.5. The molecule has 1 atom stereocenters. The van der Waals surface area contributed by atoms with Crippen LogP contribution in [0.5, 0.6) is 5.88 Å². The third kappa shape index (κ3) is 4.82. The number of carbonyl (C=O) groups is 1. The fourth-order valence-electron chi connectivity index (χ4n) is 3.57. The van der Waals surface area contributed by atoms with E-state index >= 15 is 0 Å². The van der Waals surface area contributed by atoms with Crippen molar-refractivity contribution in [2.75, 3.05) is 6.61 Å². The number of amides is 1. The van der Waals surface area contributed by atoms with E-state index in [-0.39, 0.29) is 28.6 Å². The Morgan fingerprint density at radius 1 is 1.09 bits per heavy atom. The summed E-state index contributed by atoms with van der Waals surface area (Å²) in [6, 6.07) is 18.4. The van der Waals surface area contributed by atoms with E-state index in [1.54, 1.807) is 37.3 Å². The third-order valence-corrected chi connectivity index (χ3v) is 5.15. The van der Waals surface area contributed by atoms with Gasteiger partial charge in [0.15, 0.2) is 12.3 Å². The highest BCUT2D eigenvalue weighted by Gasteiger charge is 2.36. The Labute approximate surface area is 188 Å². The molecule has 1 N–H and O–H groups in total. The van der Waals surface area contributed by atoms with Crippen LogP contribution in [-0.4, -0.2) is 27.3 Å². The van der Waals surface area contributed by atoms with E-state index in [0.717, 1.165) is 11.6 Å². The minimum atomic E-state index is -4.67. The number of nitrogens with zero attached hydrogens (tertiary/aromatic N) is 3. The number of hydrogen-bond acceptors (Lipinski definition) is 4. The second kappa shape index (κ2) is 8.93. The molecule has 2 heterocycles. The number of rotatable bonds is 6. The first-order chi connectivity index (χ1) is 15.7. The Morgan fingerprint density at radius 2 is 1.73 bits per heavy atom. The molecule has 33 heavy (non-hydrogen) atoms. The molecule has 0 spiro atoms. The van der Waals surface area contributed by atoms with Gasteiger partial charge in [-0.05, 0) is 12.5 Å². The lowest BCUT2D eigenvalue weighted by molar-refractivity contribution is -0.136. The second-order valence-electron chi connectivity index (χ2n) is 7.53. The highest BCUT2D eigenvalue weighted by Crippen LogP contribution is 2.40. The number of hydrogen-bond donors (Lipinski definition) is 1. The molecule has 6 nitrogen and oxygen atoms in total. The number of ether oxygens (including phenoxy) is 1. The van der Waals surface area contributed by atoms with Gasteiger partial charge in [-0.1, -0.05) is 60.7 Å². The Bertz CT molecular complexity index is 1270. The minimum Gasteiger partial charge on any atom is -0.467 e. The summed E-state index contributed by atoms with van der Waals surface area (Å²) in [4.78, 5) is 16.5. The summed E-state index contributed by atoms with van der Waals surface area (Å²) in [5.74, 6) is -0.781. The number of pyridine rings is 1. The fraction of sp³-hybridized carbons (Fsp3) is 0.208.